The maximum atomic E-state index is 12.4. The van der Waals surface area contributed by atoms with Gasteiger partial charge in [0.2, 0.25) is 0 Å². The van der Waals surface area contributed by atoms with Crippen LogP contribution in [0.15, 0.2) is 23.1 Å². The number of rotatable bonds is 4. The van der Waals surface area contributed by atoms with Gasteiger partial charge in [-0.2, -0.15) is 13.2 Å². The zero-order valence-electron chi connectivity index (χ0n) is 8.97. The molecule has 0 saturated heterocycles. The van der Waals surface area contributed by atoms with Gasteiger partial charge < -0.3 is 0 Å². The summed E-state index contributed by atoms with van der Waals surface area (Å²) in [5, 5.41) is 0. The molecule has 0 unspecified atom stereocenters. The van der Waals surface area contributed by atoms with Gasteiger partial charge >= 0.3 is 5.51 Å². The number of halogens is 4. The smallest absolute Gasteiger partial charge is 0.298 e. The van der Waals surface area contributed by atoms with Crippen LogP contribution in [0.2, 0.25) is 0 Å². The van der Waals surface area contributed by atoms with Crippen molar-refractivity contribution in [2.75, 3.05) is 5.88 Å². The Labute approximate surface area is 106 Å². The molecule has 0 amide bonds. The lowest BCUT2D eigenvalue weighted by Crippen LogP contribution is -2.08. The van der Waals surface area contributed by atoms with Crippen LogP contribution >= 0.6 is 23.4 Å². The van der Waals surface area contributed by atoms with Crippen molar-refractivity contribution in [1.82, 2.24) is 0 Å². The number of ketones is 1. The number of benzene rings is 1. The van der Waals surface area contributed by atoms with E-state index in [2.05, 4.69) is 0 Å². The Bertz CT molecular complexity index is 418. The van der Waals surface area contributed by atoms with E-state index in [4.69, 9.17) is 11.6 Å². The van der Waals surface area contributed by atoms with Gasteiger partial charge in [-0.1, -0.05) is 18.2 Å². The van der Waals surface area contributed by atoms with E-state index in [-0.39, 0.29) is 34.7 Å². The fourth-order valence-electron chi connectivity index (χ4n) is 1.37. The Hall–Kier alpha value is -0.680. The first-order chi connectivity index (χ1) is 7.83. The van der Waals surface area contributed by atoms with E-state index in [0.717, 1.165) is 0 Å². The Balaban J connectivity index is 3.04. The molecule has 94 valence electrons. The topological polar surface area (TPSA) is 17.1 Å². The summed E-state index contributed by atoms with van der Waals surface area (Å²) in [7, 11) is 0. The minimum Gasteiger partial charge on any atom is -0.298 e. The molecule has 0 aliphatic carbocycles. The second-order valence-electron chi connectivity index (χ2n) is 3.46. The minimum absolute atomic E-state index is 0.0659. The number of carbonyl (C=O) groups excluding carboxylic acids is 1. The highest BCUT2D eigenvalue weighted by Gasteiger charge is 2.31. The van der Waals surface area contributed by atoms with Gasteiger partial charge in [-0.15, -0.1) is 11.6 Å². The minimum atomic E-state index is -4.36. The molecular weight excluding hydrogens is 273 g/mol. The molecular formula is C11H10ClF3OS. The summed E-state index contributed by atoms with van der Waals surface area (Å²) in [5.41, 5.74) is -3.48. The fraction of sp³-hybridized carbons (Fsp3) is 0.364. The molecule has 0 N–H and O–H groups in total. The van der Waals surface area contributed by atoms with E-state index >= 15 is 0 Å². The van der Waals surface area contributed by atoms with Crippen LogP contribution in [-0.2, 0) is 11.2 Å². The zero-order chi connectivity index (χ0) is 13.1. The maximum Gasteiger partial charge on any atom is 0.446 e. The highest BCUT2D eigenvalue weighted by atomic mass is 35.5. The van der Waals surface area contributed by atoms with Gasteiger partial charge in [0.1, 0.15) is 0 Å². The van der Waals surface area contributed by atoms with E-state index in [1.807, 2.05) is 0 Å². The molecule has 0 saturated carbocycles. The number of aryl methyl sites for hydroxylation is 1. The van der Waals surface area contributed by atoms with Gasteiger partial charge in [0.05, 0.1) is 5.88 Å². The number of Topliss-reactive ketones (excluding diaryl/α,β-unsaturated/α-hetero) is 1. The summed E-state index contributed by atoms with van der Waals surface area (Å²) < 4.78 is 37.1. The van der Waals surface area contributed by atoms with Crippen LogP contribution in [-0.4, -0.2) is 17.2 Å². The molecule has 0 aromatic heterocycles. The summed E-state index contributed by atoms with van der Waals surface area (Å²) in [5.74, 6) is -0.481. The molecule has 1 nitrogen and oxygen atoms in total. The third-order valence-corrected chi connectivity index (χ3v) is 3.37. The maximum absolute atomic E-state index is 12.4. The Morgan fingerprint density at radius 1 is 1.41 bits per heavy atom. The molecule has 1 rings (SSSR count). The van der Waals surface area contributed by atoms with Crippen molar-refractivity contribution >= 4 is 29.1 Å². The van der Waals surface area contributed by atoms with Crippen molar-refractivity contribution in [2.45, 2.75) is 23.7 Å². The predicted molar refractivity (Wildman–Crippen MR) is 62.5 cm³/mol. The standard InChI is InChI=1S/C11H10ClF3OS/c1-7-3-2-4-8(5-9(16)6-12)10(7)17-11(13,14)15/h2-4H,5-6H2,1H3. The zero-order valence-corrected chi connectivity index (χ0v) is 10.5. The Kier molecular flexibility index (Phi) is 4.89. The van der Waals surface area contributed by atoms with Crippen LogP contribution in [0.25, 0.3) is 0 Å². The van der Waals surface area contributed by atoms with Gasteiger partial charge in [-0.25, -0.2) is 0 Å². The van der Waals surface area contributed by atoms with Crippen LogP contribution in [0.4, 0.5) is 13.2 Å². The predicted octanol–water partition coefficient (Wildman–Crippen LogP) is 3.96. The van der Waals surface area contributed by atoms with Crippen LogP contribution in [0.5, 0.6) is 0 Å². The molecule has 0 spiro atoms. The van der Waals surface area contributed by atoms with Gasteiger partial charge in [0.25, 0.3) is 0 Å². The van der Waals surface area contributed by atoms with Crippen LogP contribution in [0, 0.1) is 6.92 Å². The SMILES string of the molecule is Cc1cccc(CC(=O)CCl)c1SC(F)(F)F. The molecule has 0 bridgehead atoms. The summed E-state index contributed by atoms with van der Waals surface area (Å²) in [6.45, 7) is 1.59. The fourth-order valence-corrected chi connectivity index (χ4v) is 2.20. The molecule has 1 aromatic rings. The monoisotopic (exact) mass is 282 g/mol. The van der Waals surface area contributed by atoms with Crippen molar-refractivity contribution in [1.29, 1.82) is 0 Å². The second-order valence-corrected chi connectivity index (χ2v) is 4.80. The molecule has 0 heterocycles. The highest BCUT2D eigenvalue weighted by Crippen LogP contribution is 2.40. The van der Waals surface area contributed by atoms with E-state index in [1.54, 1.807) is 19.1 Å². The van der Waals surface area contributed by atoms with Crippen molar-refractivity contribution < 1.29 is 18.0 Å². The lowest BCUT2D eigenvalue weighted by atomic mass is 10.1. The van der Waals surface area contributed by atoms with Crippen LogP contribution in [0.3, 0.4) is 0 Å². The molecule has 0 radical (unpaired) electrons. The summed E-state index contributed by atoms with van der Waals surface area (Å²) >= 11 is 5.16. The largest absolute Gasteiger partial charge is 0.446 e. The molecule has 0 fully saturated rings. The van der Waals surface area contributed by atoms with Crippen molar-refractivity contribution in [3.8, 4) is 0 Å². The lowest BCUT2D eigenvalue weighted by Gasteiger charge is -2.13. The third-order valence-electron chi connectivity index (χ3n) is 2.05. The van der Waals surface area contributed by atoms with E-state index < -0.39 is 5.51 Å². The summed E-state index contributed by atoms with van der Waals surface area (Å²) in [4.78, 5) is 11.3. The lowest BCUT2D eigenvalue weighted by molar-refractivity contribution is -0.116. The first kappa shape index (κ1) is 14.4. The summed E-state index contributed by atoms with van der Waals surface area (Å²) in [6, 6.07) is 4.74. The molecule has 0 aliphatic heterocycles. The van der Waals surface area contributed by atoms with Gasteiger partial charge in [0, 0.05) is 11.3 Å². The van der Waals surface area contributed by atoms with Crippen molar-refractivity contribution in [2.24, 2.45) is 0 Å². The Morgan fingerprint density at radius 3 is 2.59 bits per heavy atom. The quantitative estimate of drug-likeness (QED) is 0.614. The van der Waals surface area contributed by atoms with Crippen molar-refractivity contribution in [3.63, 3.8) is 0 Å². The van der Waals surface area contributed by atoms with Gasteiger partial charge in [-0.3, -0.25) is 4.79 Å². The van der Waals surface area contributed by atoms with E-state index in [1.165, 1.54) is 6.07 Å². The number of thioether (sulfide) groups is 1. The number of carbonyl (C=O) groups is 1. The number of hydrogen-bond acceptors (Lipinski definition) is 2. The van der Waals surface area contributed by atoms with Crippen LogP contribution < -0.4 is 0 Å². The van der Waals surface area contributed by atoms with E-state index in [0.29, 0.717) is 11.1 Å². The average Bonchev–Trinajstić information content (AvgIpc) is 2.21. The highest BCUT2D eigenvalue weighted by molar-refractivity contribution is 8.00. The first-order valence-electron chi connectivity index (χ1n) is 4.75. The van der Waals surface area contributed by atoms with Gasteiger partial charge in [-0.05, 0) is 29.8 Å². The van der Waals surface area contributed by atoms with Crippen LogP contribution in [0.1, 0.15) is 11.1 Å². The molecule has 1 aromatic carbocycles. The molecule has 0 atom stereocenters. The summed E-state index contributed by atoms with van der Waals surface area (Å²) in [6.07, 6.45) is -0.0659. The molecule has 17 heavy (non-hydrogen) atoms. The molecule has 0 aliphatic rings. The van der Waals surface area contributed by atoms with E-state index in [9.17, 15) is 18.0 Å². The molecule has 6 heteroatoms. The van der Waals surface area contributed by atoms with Crippen molar-refractivity contribution in [3.05, 3.63) is 29.3 Å². The Morgan fingerprint density at radius 2 is 2.06 bits per heavy atom. The second kappa shape index (κ2) is 5.78. The number of hydrogen-bond donors (Lipinski definition) is 0. The number of alkyl halides is 4. The first-order valence-corrected chi connectivity index (χ1v) is 6.10. The normalized spacial score (nSPS) is 11.6. The van der Waals surface area contributed by atoms with Gasteiger partial charge in [0.15, 0.2) is 5.78 Å². The average molecular weight is 283 g/mol. The third kappa shape index (κ3) is 4.60.